The maximum absolute atomic E-state index is 13.5. The van der Waals surface area contributed by atoms with Crippen LogP contribution >= 0.6 is 15.9 Å². The number of nitrogens with two attached hydrogens (primary N) is 1. The third-order valence-corrected chi connectivity index (χ3v) is 2.95. The third kappa shape index (κ3) is 3.03. The molecule has 0 aliphatic heterocycles. The number of rotatable bonds is 2. The third-order valence-electron chi connectivity index (χ3n) is 2.46. The first kappa shape index (κ1) is 13.4. The van der Waals surface area contributed by atoms with E-state index in [-0.39, 0.29) is 11.3 Å². The molecule has 2 rings (SSSR count). The van der Waals surface area contributed by atoms with E-state index in [4.69, 9.17) is 10.8 Å². The molecular formula is C13H10BrFN2O2. The van der Waals surface area contributed by atoms with Crippen LogP contribution in [0.3, 0.4) is 0 Å². The summed E-state index contributed by atoms with van der Waals surface area (Å²) in [5, 5.41) is 11.6. The minimum atomic E-state index is -0.798. The SMILES string of the molecule is Nc1cc(Br)ccc1NC(=O)c1ccc(O)cc1F. The van der Waals surface area contributed by atoms with Gasteiger partial charge in [-0.25, -0.2) is 4.39 Å². The van der Waals surface area contributed by atoms with Crippen LogP contribution < -0.4 is 11.1 Å². The highest BCUT2D eigenvalue weighted by molar-refractivity contribution is 9.10. The van der Waals surface area contributed by atoms with Crippen LogP contribution in [0.25, 0.3) is 0 Å². The van der Waals surface area contributed by atoms with Gasteiger partial charge in [-0.15, -0.1) is 0 Å². The van der Waals surface area contributed by atoms with E-state index in [9.17, 15) is 9.18 Å². The van der Waals surface area contributed by atoms with E-state index in [1.807, 2.05) is 0 Å². The summed E-state index contributed by atoms with van der Waals surface area (Å²) >= 11 is 3.25. The average Bonchev–Trinajstić information content (AvgIpc) is 2.32. The molecular weight excluding hydrogens is 315 g/mol. The Balaban J connectivity index is 2.25. The molecule has 0 unspecified atom stereocenters. The summed E-state index contributed by atoms with van der Waals surface area (Å²) in [6.45, 7) is 0. The Morgan fingerprint density at radius 3 is 2.63 bits per heavy atom. The molecule has 0 heterocycles. The van der Waals surface area contributed by atoms with Gasteiger partial charge in [-0.05, 0) is 30.3 Å². The highest BCUT2D eigenvalue weighted by atomic mass is 79.9. The fourth-order valence-corrected chi connectivity index (χ4v) is 1.90. The number of halogens is 2. The first-order valence-electron chi connectivity index (χ1n) is 5.32. The normalized spacial score (nSPS) is 10.2. The van der Waals surface area contributed by atoms with E-state index in [2.05, 4.69) is 21.2 Å². The molecule has 19 heavy (non-hydrogen) atoms. The fourth-order valence-electron chi connectivity index (χ4n) is 1.53. The molecule has 2 aromatic rings. The van der Waals surface area contributed by atoms with Gasteiger partial charge in [0.1, 0.15) is 11.6 Å². The summed E-state index contributed by atoms with van der Waals surface area (Å²) in [4.78, 5) is 11.9. The number of aromatic hydroxyl groups is 1. The Kier molecular flexibility index (Phi) is 3.71. The van der Waals surface area contributed by atoms with Crippen LogP contribution in [0.2, 0.25) is 0 Å². The number of nitrogen functional groups attached to an aromatic ring is 1. The van der Waals surface area contributed by atoms with Crippen molar-refractivity contribution in [2.75, 3.05) is 11.1 Å². The summed E-state index contributed by atoms with van der Waals surface area (Å²) < 4.78 is 14.3. The zero-order valence-electron chi connectivity index (χ0n) is 9.65. The number of benzene rings is 2. The first-order chi connectivity index (χ1) is 8.97. The quantitative estimate of drug-likeness (QED) is 0.743. The van der Waals surface area contributed by atoms with Gasteiger partial charge >= 0.3 is 0 Å². The second-order valence-corrected chi connectivity index (χ2v) is 4.77. The van der Waals surface area contributed by atoms with Gasteiger partial charge in [0.05, 0.1) is 16.9 Å². The molecule has 0 spiro atoms. The number of amides is 1. The number of carbonyl (C=O) groups excluding carboxylic acids is 1. The van der Waals surface area contributed by atoms with Crippen molar-refractivity contribution in [3.8, 4) is 5.75 Å². The van der Waals surface area contributed by atoms with E-state index in [0.29, 0.717) is 11.4 Å². The van der Waals surface area contributed by atoms with E-state index >= 15 is 0 Å². The molecule has 98 valence electrons. The summed E-state index contributed by atoms with van der Waals surface area (Å²) in [7, 11) is 0. The summed E-state index contributed by atoms with van der Waals surface area (Å²) in [6, 6.07) is 8.26. The lowest BCUT2D eigenvalue weighted by atomic mass is 10.2. The van der Waals surface area contributed by atoms with Crippen molar-refractivity contribution in [1.29, 1.82) is 0 Å². The van der Waals surface area contributed by atoms with Gasteiger partial charge < -0.3 is 16.2 Å². The smallest absolute Gasteiger partial charge is 0.258 e. The van der Waals surface area contributed by atoms with Crippen LogP contribution in [-0.2, 0) is 0 Å². The number of hydrogen-bond acceptors (Lipinski definition) is 3. The van der Waals surface area contributed by atoms with Crippen LogP contribution in [0.15, 0.2) is 40.9 Å². The molecule has 0 aliphatic carbocycles. The Hall–Kier alpha value is -2.08. The molecule has 0 fully saturated rings. The minimum Gasteiger partial charge on any atom is -0.508 e. The van der Waals surface area contributed by atoms with E-state index in [0.717, 1.165) is 10.5 Å². The predicted molar refractivity (Wildman–Crippen MR) is 74.6 cm³/mol. The standard InChI is InChI=1S/C13H10BrFN2O2/c14-7-1-4-12(11(16)5-7)17-13(19)9-3-2-8(18)6-10(9)15/h1-6,18H,16H2,(H,17,19). The second kappa shape index (κ2) is 5.27. The Morgan fingerprint density at radius 1 is 1.26 bits per heavy atom. The highest BCUT2D eigenvalue weighted by Gasteiger charge is 2.13. The van der Waals surface area contributed by atoms with Crippen LogP contribution in [0.1, 0.15) is 10.4 Å². The van der Waals surface area contributed by atoms with E-state index in [1.165, 1.54) is 12.1 Å². The molecule has 6 heteroatoms. The largest absolute Gasteiger partial charge is 0.508 e. The Bertz CT molecular complexity index is 647. The van der Waals surface area contributed by atoms with Gasteiger partial charge in [0.2, 0.25) is 0 Å². The van der Waals surface area contributed by atoms with Crippen molar-refractivity contribution in [1.82, 2.24) is 0 Å². The predicted octanol–water partition coefficient (Wildman–Crippen LogP) is 3.13. The summed E-state index contributed by atoms with van der Waals surface area (Å²) in [6.07, 6.45) is 0. The van der Waals surface area contributed by atoms with Crippen molar-refractivity contribution in [2.45, 2.75) is 0 Å². The molecule has 0 bridgehead atoms. The molecule has 0 saturated heterocycles. The lowest BCUT2D eigenvalue weighted by Crippen LogP contribution is -2.14. The van der Waals surface area contributed by atoms with Gasteiger partial charge in [0, 0.05) is 10.5 Å². The highest BCUT2D eigenvalue weighted by Crippen LogP contribution is 2.24. The van der Waals surface area contributed by atoms with Gasteiger partial charge in [-0.1, -0.05) is 15.9 Å². The number of anilines is 2. The molecule has 0 saturated carbocycles. The Labute approximate surface area is 117 Å². The van der Waals surface area contributed by atoms with Crippen LogP contribution in [0, 0.1) is 5.82 Å². The van der Waals surface area contributed by atoms with Gasteiger partial charge in [0.25, 0.3) is 5.91 Å². The van der Waals surface area contributed by atoms with Crippen molar-refractivity contribution in [3.63, 3.8) is 0 Å². The Morgan fingerprint density at radius 2 is 2.00 bits per heavy atom. The topological polar surface area (TPSA) is 75.3 Å². The van der Waals surface area contributed by atoms with Crippen molar-refractivity contribution >= 4 is 33.2 Å². The molecule has 2 aromatic carbocycles. The lowest BCUT2D eigenvalue weighted by Gasteiger charge is -2.09. The molecule has 4 N–H and O–H groups in total. The van der Waals surface area contributed by atoms with Crippen molar-refractivity contribution < 1.29 is 14.3 Å². The number of hydrogen-bond donors (Lipinski definition) is 3. The number of phenols is 1. The van der Waals surface area contributed by atoms with Crippen molar-refractivity contribution in [3.05, 3.63) is 52.3 Å². The summed E-state index contributed by atoms with van der Waals surface area (Å²) in [5.41, 5.74) is 6.32. The number of carbonyl (C=O) groups is 1. The van der Waals surface area contributed by atoms with Crippen LogP contribution in [0.5, 0.6) is 5.75 Å². The maximum Gasteiger partial charge on any atom is 0.258 e. The van der Waals surface area contributed by atoms with Crippen LogP contribution in [0.4, 0.5) is 15.8 Å². The number of nitrogens with one attached hydrogen (secondary N) is 1. The number of phenolic OH excluding ortho intramolecular Hbond substituents is 1. The first-order valence-corrected chi connectivity index (χ1v) is 6.11. The summed E-state index contributed by atoms with van der Waals surface area (Å²) in [5.74, 6) is -1.67. The molecule has 1 amide bonds. The van der Waals surface area contributed by atoms with E-state index < -0.39 is 11.7 Å². The molecule has 0 aliphatic rings. The monoisotopic (exact) mass is 324 g/mol. The zero-order valence-corrected chi connectivity index (χ0v) is 11.2. The van der Waals surface area contributed by atoms with Crippen molar-refractivity contribution in [2.24, 2.45) is 0 Å². The van der Waals surface area contributed by atoms with Gasteiger partial charge in [-0.3, -0.25) is 4.79 Å². The van der Waals surface area contributed by atoms with Gasteiger partial charge in [-0.2, -0.15) is 0 Å². The second-order valence-electron chi connectivity index (χ2n) is 3.85. The molecule has 4 nitrogen and oxygen atoms in total. The van der Waals surface area contributed by atoms with Crippen LogP contribution in [-0.4, -0.2) is 11.0 Å². The zero-order chi connectivity index (χ0) is 14.0. The minimum absolute atomic E-state index is 0.167. The molecule has 0 radical (unpaired) electrons. The average molecular weight is 325 g/mol. The molecule has 0 atom stereocenters. The van der Waals surface area contributed by atoms with E-state index in [1.54, 1.807) is 18.2 Å². The maximum atomic E-state index is 13.5. The fraction of sp³-hybridized carbons (Fsp3) is 0. The van der Waals surface area contributed by atoms with Gasteiger partial charge in [0.15, 0.2) is 0 Å². The molecule has 0 aromatic heterocycles. The lowest BCUT2D eigenvalue weighted by molar-refractivity contribution is 0.102.